The lowest BCUT2D eigenvalue weighted by atomic mass is 10.1. The summed E-state index contributed by atoms with van der Waals surface area (Å²) in [6, 6.07) is 2.77. The quantitative estimate of drug-likeness (QED) is 0.806. The summed E-state index contributed by atoms with van der Waals surface area (Å²) in [5, 5.41) is 3.74. The van der Waals surface area contributed by atoms with Crippen molar-refractivity contribution in [3.8, 4) is 0 Å². The first-order valence-electron chi connectivity index (χ1n) is 5.73. The third kappa shape index (κ3) is 3.23. The molecule has 0 amide bonds. The van der Waals surface area contributed by atoms with Crippen molar-refractivity contribution < 1.29 is 8.60 Å². The molecule has 0 radical (unpaired) electrons. The monoisotopic (exact) mass is 309 g/mol. The Hall–Kier alpha value is -0.160. The van der Waals surface area contributed by atoms with Gasteiger partial charge in [-0.1, -0.05) is 23.2 Å². The van der Waals surface area contributed by atoms with Crippen molar-refractivity contribution in [1.29, 1.82) is 0 Å². The van der Waals surface area contributed by atoms with E-state index >= 15 is 0 Å². The first-order valence-corrected chi connectivity index (χ1v) is 7.97. The van der Waals surface area contributed by atoms with E-state index in [0.717, 1.165) is 6.42 Å². The molecule has 0 aromatic heterocycles. The van der Waals surface area contributed by atoms with Crippen LogP contribution in [0.15, 0.2) is 12.1 Å². The predicted octanol–water partition coefficient (Wildman–Crippen LogP) is 3.30. The van der Waals surface area contributed by atoms with Crippen LogP contribution >= 0.6 is 23.2 Å². The van der Waals surface area contributed by atoms with Gasteiger partial charge in [0.05, 0.1) is 5.02 Å². The highest BCUT2D eigenvalue weighted by Crippen LogP contribution is 2.30. The molecular formula is C12H14Cl2FNOS. The van der Waals surface area contributed by atoms with Crippen LogP contribution in [0.5, 0.6) is 0 Å². The topological polar surface area (TPSA) is 29.1 Å². The van der Waals surface area contributed by atoms with Crippen LogP contribution in [0.1, 0.15) is 24.9 Å². The number of halogens is 3. The average molecular weight is 310 g/mol. The molecule has 18 heavy (non-hydrogen) atoms. The van der Waals surface area contributed by atoms with E-state index in [1.54, 1.807) is 0 Å². The number of hydrogen-bond donors (Lipinski definition) is 1. The van der Waals surface area contributed by atoms with E-state index in [2.05, 4.69) is 5.32 Å². The largest absolute Gasteiger partial charge is 0.307 e. The van der Waals surface area contributed by atoms with Crippen LogP contribution in [0.4, 0.5) is 4.39 Å². The molecule has 1 saturated heterocycles. The molecule has 100 valence electrons. The van der Waals surface area contributed by atoms with Crippen molar-refractivity contribution in [3.05, 3.63) is 33.6 Å². The fourth-order valence-corrected chi connectivity index (χ4v) is 3.98. The maximum Gasteiger partial charge on any atom is 0.142 e. The molecule has 1 fully saturated rings. The molecule has 1 heterocycles. The van der Waals surface area contributed by atoms with E-state index in [1.165, 1.54) is 12.1 Å². The van der Waals surface area contributed by atoms with Crippen LogP contribution in [0.3, 0.4) is 0 Å². The molecular weight excluding hydrogens is 296 g/mol. The molecule has 6 heteroatoms. The molecule has 3 unspecified atom stereocenters. The van der Waals surface area contributed by atoms with Crippen LogP contribution in [-0.4, -0.2) is 21.8 Å². The standard InChI is InChI=1S/C12H14Cl2FNOS/c1-7-2-3-18(17)6-12(16-7)8-4-11(15)10(14)5-9(8)13/h4-5,7,12,16H,2-3,6H2,1H3. The van der Waals surface area contributed by atoms with Crippen LogP contribution in [0.25, 0.3) is 0 Å². The summed E-state index contributed by atoms with van der Waals surface area (Å²) in [6.45, 7) is 2.02. The van der Waals surface area contributed by atoms with E-state index in [1.807, 2.05) is 6.92 Å². The third-order valence-corrected chi connectivity index (χ3v) is 5.04. The van der Waals surface area contributed by atoms with E-state index in [-0.39, 0.29) is 17.1 Å². The number of nitrogens with one attached hydrogen (secondary N) is 1. The minimum absolute atomic E-state index is 0.00606. The van der Waals surface area contributed by atoms with E-state index < -0.39 is 16.6 Å². The Balaban J connectivity index is 2.34. The number of benzene rings is 1. The van der Waals surface area contributed by atoms with Crippen molar-refractivity contribution in [2.45, 2.75) is 25.4 Å². The maximum absolute atomic E-state index is 13.5. The second-order valence-electron chi connectivity index (χ2n) is 4.51. The smallest absolute Gasteiger partial charge is 0.142 e. The maximum atomic E-state index is 13.5. The molecule has 1 N–H and O–H groups in total. The lowest BCUT2D eigenvalue weighted by Crippen LogP contribution is -2.30. The van der Waals surface area contributed by atoms with Gasteiger partial charge < -0.3 is 5.32 Å². The second kappa shape index (κ2) is 5.87. The van der Waals surface area contributed by atoms with Gasteiger partial charge in [0.2, 0.25) is 0 Å². The summed E-state index contributed by atoms with van der Waals surface area (Å²) >= 11 is 11.8. The molecule has 1 aliphatic rings. The zero-order valence-electron chi connectivity index (χ0n) is 9.88. The van der Waals surface area contributed by atoms with Gasteiger partial charge in [-0.25, -0.2) is 4.39 Å². The molecule has 0 saturated carbocycles. The second-order valence-corrected chi connectivity index (χ2v) is 6.94. The molecule has 2 nitrogen and oxygen atoms in total. The van der Waals surface area contributed by atoms with Gasteiger partial charge in [-0.15, -0.1) is 0 Å². The molecule has 1 aliphatic heterocycles. The Bertz CT molecular complexity index is 483. The number of rotatable bonds is 1. The van der Waals surface area contributed by atoms with Gasteiger partial charge in [0.15, 0.2) is 0 Å². The van der Waals surface area contributed by atoms with Crippen LogP contribution in [0.2, 0.25) is 10.0 Å². The Morgan fingerprint density at radius 3 is 2.83 bits per heavy atom. The lowest BCUT2D eigenvalue weighted by molar-refractivity contribution is 0.482. The normalized spacial score (nSPS) is 29.0. The van der Waals surface area contributed by atoms with Crippen molar-refractivity contribution in [2.24, 2.45) is 0 Å². The van der Waals surface area contributed by atoms with Crippen molar-refractivity contribution in [3.63, 3.8) is 0 Å². The lowest BCUT2D eigenvalue weighted by Gasteiger charge is -2.20. The summed E-state index contributed by atoms with van der Waals surface area (Å²) in [7, 11) is -0.906. The van der Waals surface area contributed by atoms with Gasteiger partial charge in [0.25, 0.3) is 0 Å². The molecule has 0 bridgehead atoms. The molecule has 1 aromatic carbocycles. The fourth-order valence-electron chi connectivity index (χ4n) is 2.04. The minimum Gasteiger partial charge on any atom is -0.307 e. The van der Waals surface area contributed by atoms with E-state index in [4.69, 9.17) is 23.2 Å². The Kier molecular flexibility index (Phi) is 4.64. The highest BCUT2D eigenvalue weighted by atomic mass is 35.5. The van der Waals surface area contributed by atoms with Gasteiger partial charge in [0, 0.05) is 39.4 Å². The van der Waals surface area contributed by atoms with Crippen molar-refractivity contribution in [2.75, 3.05) is 11.5 Å². The molecule has 1 aromatic rings. The Labute approximate surface area is 118 Å². The fraction of sp³-hybridized carbons (Fsp3) is 0.500. The Morgan fingerprint density at radius 2 is 2.11 bits per heavy atom. The summed E-state index contributed by atoms with van der Waals surface area (Å²) in [6.07, 6.45) is 0.844. The zero-order chi connectivity index (χ0) is 13.3. The van der Waals surface area contributed by atoms with Crippen molar-refractivity contribution in [1.82, 2.24) is 5.32 Å². The highest BCUT2D eigenvalue weighted by Gasteiger charge is 2.24. The van der Waals surface area contributed by atoms with Gasteiger partial charge in [-0.2, -0.15) is 0 Å². The van der Waals surface area contributed by atoms with Gasteiger partial charge in [-0.05, 0) is 31.0 Å². The molecule has 0 spiro atoms. The summed E-state index contributed by atoms with van der Waals surface area (Å²) in [5.74, 6) is 0.615. The van der Waals surface area contributed by atoms with Gasteiger partial charge in [-0.3, -0.25) is 4.21 Å². The summed E-state index contributed by atoms with van der Waals surface area (Å²) in [5.41, 5.74) is 0.626. The first-order chi connectivity index (χ1) is 8.47. The molecule has 0 aliphatic carbocycles. The zero-order valence-corrected chi connectivity index (χ0v) is 12.2. The van der Waals surface area contributed by atoms with Gasteiger partial charge >= 0.3 is 0 Å². The predicted molar refractivity (Wildman–Crippen MR) is 74.3 cm³/mol. The highest BCUT2D eigenvalue weighted by molar-refractivity contribution is 7.85. The van der Waals surface area contributed by atoms with Gasteiger partial charge in [0.1, 0.15) is 5.82 Å². The third-order valence-electron chi connectivity index (χ3n) is 3.03. The van der Waals surface area contributed by atoms with E-state index in [9.17, 15) is 8.60 Å². The van der Waals surface area contributed by atoms with Crippen LogP contribution in [0, 0.1) is 5.82 Å². The summed E-state index contributed by atoms with van der Waals surface area (Å²) < 4.78 is 25.3. The minimum atomic E-state index is -0.906. The molecule has 3 atom stereocenters. The molecule has 2 rings (SSSR count). The average Bonchev–Trinajstić information content (AvgIpc) is 2.46. The van der Waals surface area contributed by atoms with Crippen molar-refractivity contribution >= 4 is 34.0 Å². The van der Waals surface area contributed by atoms with E-state index in [0.29, 0.717) is 22.1 Å². The first kappa shape index (κ1) is 14.3. The number of hydrogen-bond acceptors (Lipinski definition) is 2. The summed E-state index contributed by atoms with van der Waals surface area (Å²) in [4.78, 5) is 0. The Morgan fingerprint density at radius 1 is 1.39 bits per heavy atom. The van der Waals surface area contributed by atoms with Crippen LogP contribution < -0.4 is 5.32 Å². The van der Waals surface area contributed by atoms with Crippen LogP contribution in [-0.2, 0) is 10.8 Å². The SMILES string of the molecule is CC1CCS(=O)CC(c2cc(F)c(Cl)cc2Cl)N1.